The number of aromatic amines is 1. The van der Waals surface area contributed by atoms with E-state index in [1.165, 1.54) is 0 Å². The lowest BCUT2D eigenvalue weighted by molar-refractivity contribution is 0.0447. The summed E-state index contributed by atoms with van der Waals surface area (Å²) in [6, 6.07) is 16.5. The van der Waals surface area contributed by atoms with E-state index in [9.17, 15) is 9.59 Å². The van der Waals surface area contributed by atoms with Gasteiger partial charge < -0.3 is 23.8 Å². The molecule has 0 bridgehead atoms. The van der Waals surface area contributed by atoms with Crippen LogP contribution >= 0.6 is 11.6 Å². The Balaban J connectivity index is 1.16. The lowest BCUT2D eigenvalue weighted by Gasteiger charge is -2.16. The van der Waals surface area contributed by atoms with Crippen LogP contribution in [0.4, 0.5) is 10.5 Å². The molecule has 6 rings (SSSR count). The van der Waals surface area contributed by atoms with Crippen LogP contribution in [0, 0.1) is 0 Å². The van der Waals surface area contributed by atoms with Crippen LogP contribution in [0.15, 0.2) is 71.9 Å². The van der Waals surface area contributed by atoms with Crippen LogP contribution in [0.25, 0.3) is 28.1 Å². The van der Waals surface area contributed by atoms with Gasteiger partial charge in [-0.1, -0.05) is 30.7 Å². The van der Waals surface area contributed by atoms with Crippen molar-refractivity contribution in [3.63, 3.8) is 0 Å². The Kier molecular flexibility index (Phi) is 9.57. The molecule has 2 aromatic carbocycles. The van der Waals surface area contributed by atoms with Crippen molar-refractivity contribution in [3.8, 4) is 28.1 Å². The van der Waals surface area contributed by atoms with Gasteiger partial charge in [-0.3, -0.25) is 14.7 Å². The number of nitrogens with one attached hydrogen (secondary N) is 2. The van der Waals surface area contributed by atoms with E-state index in [1.54, 1.807) is 37.8 Å². The van der Waals surface area contributed by atoms with Crippen LogP contribution in [-0.4, -0.2) is 68.9 Å². The SMILES string of the molecule is CCc1nncn1-c1ccc(Cl)cc1-c1cc2n(c(=O)c1)C(c1ncc(-c3ccc(NC(=O)OCCOCCOC)cc3)[nH]1)CC2. The van der Waals surface area contributed by atoms with Crippen LogP contribution in [-0.2, 0) is 27.1 Å². The number of rotatable bonds is 12. The van der Waals surface area contributed by atoms with Gasteiger partial charge in [-0.2, -0.15) is 0 Å². The van der Waals surface area contributed by atoms with E-state index in [0.717, 1.165) is 52.4 Å². The highest BCUT2D eigenvalue weighted by Gasteiger charge is 2.28. The first-order valence-corrected chi connectivity index (χ1v) is 15.4. The van der Waals surface area contributed by atoms with Crippen LogP contribution < -0.4 is 10.9 Å². The minimum atomic E-state index is -0.559. The van der Waals surface area contributed by atoms with Gasteiger partial charge in [0.1, 0.15) is 24.6 Å². The number of nitrogens with zero attached hydrogens (tertiary/aromatic N) is 5. The third-order valence-electron chi connectivity index (χ3n) is 7.84. The molecule has 5 aromatic rings. The highest BCUT2D eigenvalue weighted by Crippen LogP contribution is 2.35. The zero-order chi connectivity index (χ0) is 32.0. The van der Waals surface area contributed by atoms with Crippen LogP contribution in [0.5, 0.6) is 0 Å². The van der Waals surface area contributed by atoms with Gasteiger partial charge in [0.25, 0.3) is 5.56 Å². The number of hydrogen-bond donors (Lipinski definition) is 2. The summed E-state index contributed by atoms with van der Waals surface area (Å²) < 4.78 is 19.1. The fraction of sp³-hybridized carbons (Fsp3) is 0.303. The number of aromatic nitrogens is 6. The number of carbonyl (C=O) groups is 1. The highest BCUT2D eigenvalue weighted by molar-refractivity contribution is 6.31. The number of ether oxygens (including phenoxy) is 3. The predicted octanol–water partition coefficient (Wildman–Crippen LogP) is 5.45. The molecule has 46 heavy (non-hydrogen) atoms. The van der Waals surface area contributed by atoms with Crippen molar-refractivity contribution in [2.75, 3.05) is 38.9 Å². The van der Waals surface area contributed by atoms with E-state index in [4.69, 9.17) is 25.8 Å². The Morgan fingerprint density at radius 3 is 2.70 bits per heavy atom. The molecule has 238 valence electrons. The van der Waals surface area contributed by atoms with Crippen LogP contribution in [0.1, 0.15) is 36.7 Å². The zero-order valence-electron chi connectivity index (χ0n) is 25.5. The van der Waals surface area contributed by atoms with Gasteiger partial charge in [0, 0.05) is 41.6 Å². The van der Waals surface area contributed by atoms with Crippen molar-refractivity contribution in [3.05, 3.63) is 99.8 Å². The molecule has 2 N–H and O–H groups in total. The Bertz CT molecular complexity index is 1880. The average Bonchev–Trinajstić information content (AvgIpc) is 3.83. The van der Waals surface area contributed by atoms with Crippen molar-refractivity contribution in [2.24, 2.45) is 0 Å². The van der Waals surface area contributed by atoms with Crippen molar-refractivity contribution in [1.29, 1.82) is 0 Å². The quantitative estimate of drug-likeness (QED) is 0.171. The summed E-state index contributed by atoms with van der Waals surface area (Å²) in [7, 11) is 1.60. The molecule has 1 aliphatic heterocycles. The summed E-state index contributed by atoms with van der Waals surface area (Å²) in [5.74, 6) is 1.53. The van der Waals surface area contributed by atoms with Crippen LogP contribution in [0.2, 0.25) is 5.02 Å². The molecule has 1 amide bonds. The smallest absolute Gasteiger partial charge is 0.411 e. The Morgan fingerprint density at radius 2 is 1.89 bits per heavy atom. The summed E-state index contributed by atoms with van der Waals surface area (Å²) in [5, 5.41) is 11.6. The Labute approximate surface area is 270 Å². The molecule has 1 aliphatic rings. The fourth-order valence-electron chi connectivity index (χ4n) is 5.64. The first-order valence-electron chi connectivity index (χ1n) is 15.1. The molecular weight excluding hydrogens is 610 g/mol. The second-order valence-electron chi connectivity index (χ2n) is 10.8. The molecule has 13 heteroatoms. The van der Waals surface area contributed by atoms with E-state index in [-0.39, 0.29) is 18.2 Å². The number of halogens is 1. The molecule has 0 radical (unpaired) electrons. The molecular formula is C33H34ClN7O5. The second kappa shape index (κ2) is 14.1. The standard InChI is InChI=1S/C33H34ClN7O5/c1-3-30-39-36-20-40(30)28-10-6-23(34)18-26(28)22-16-25-9-11-29(41(25)31(42)17-22)32-35-19-27(38-32)21-4-7-24(8-5-21)37-33(43)46-15-14-45-13-12-44-2/h4-8,10,16-20,29H,3,9,11-15H2,1-2H3,(H,35,38)(H,37,43). The van der Waals surface area contributed by atoms with Gasteiger partial charge in [-0.05, 0) is 60.4 Å². The lowest BCUT2D eigenvalue weighted by atomic mass is 10.0. The molecule has 0 spiro atoms. The van der Waals surface area contributed by atoms with Crippen molar-refractivity contribution >= 4 is 23.4 Å². The Hall–Kier alpha value is -4.78. The summed E-state index contributed by atoms with van der Waals surface area (Å²) >= 11 is 6.41. The maximum Gasteiger partial charge on any atom is 0.411 e. The van der Waals surface area contributed by atoms with E-state index in [1.807, 2.05) is 46.4 Å². The molecule has 1 unspecified atom stereocenters. The molecule has 12 nitrogen and oxygen atoms in total. The van der Waals surface area contributed by atoms with E-state index in [0.29, 0.717) is 42.8 Å². The third-order valence-corrected chi connectivity index (χ3v) is 8.08. The predicted molar refractivity (Wildman–Crippen MR) is 174 cm³/mol. The lowest BCUT2D eigenvalue weighted by Crippen LogP contribution is -2.23. The molecule has 1 atom stereocenters. The van der Waals surface area contributed by atoms with Crippen molar-refractivity contribution in [2.45, 2.75) is 32.2 Å². The van der Waals surface area contributed by atoms with Gasteiger partial charge >= 0.3 is 6.09 Å². The molecule has 4 heterocycles. The summed E-state index contributed by atoms with van der Waals surface area (Å²) in [5.41, 5.74) is 5.60. The largest absolute Gasteiger partial charge is 0.447 e. The molecule has 0 fully saturated rings. The zero-order valence-corrected chi connectivity index (χ0v) is 26.3. The number of benzene rings is 2. The van der Waals surface area contributed by atoms with Crippen molar-refractivity contribution in [1.82, 2.24) is 29.3 Å². The van der Waals surface area contributed by atoms with E-state index >= 15 is 0 Å². The molecule has 0 aliphatic carbocycles. The van der Waals surface area contributed by atoms with Crippen molar-refractivity contribution < 1.29 is 19.0 Å². The van der Waals surface area contributed by atoms with Gasteiger partial charge in [0.05, 0.1) is 43.4 Å². The number of hydrogen-bond acceptors (Lipinski definition) is 8. The number of methoxy groups -OCH3 is 1. The minimum absolute atomic E-state index is 0.109. The third kappa shape index (κ3) is 6.74. The molecule has 0 saturated heterocycles. The molecule has 0 saturated carbocycles. The summed E-state index contributed by atoms with van der Waals surface area (Å²) in [6.07, 6.45) is 5.05. The monoisotopic (exact) mass is 643 g/mol. The molecule has 3 aromatic heterocycles. The first-order chi connectivity index (χ1) is 22.4. The fourth-order valence-corrected chi connectivity index (χ4v) is 5.81. The number of fused-ring (bicyclic) bond motifs is 1. The summed E-state index contributed by atoms with van der Waals surface area (Å²) in [6.45, 7) is 3.39. The number of pyridine rings is 1. The highest BCUT2D eigenvalue weighted by atomic mass is 35.5. The van der Waals surface area contributed by atoms with Crippen LogP contribution in [0.3, 0.4) is 0 Å². The Morgan fingerprint density at radius 1 is 1.07 bits per heavy atom. The maximum absolute atomic E-state index is 13.6. The minimum Gasteiger partial charge on any atom is -0.447 e. The van der Waals surface area contributed by atoms with Gasteiger partial charge in [-0.15, -0.1) is 10.2 Å². The number of anilines is 1. The topological polar surface area (TPSA) is 138 Å². The number of imidazole rings is 1. The normalized spacial score (nSPS) is 13.9. The first kappa shape index (κ1) is 31.2. The van der Waals surface area contributed by atoms with Gasteiger partial charge in [0.2, 0.25) is 0 Å². The van der Waals surface area contributed by atoms with E-state index < -0.39 is 6.09 Å². The van der Waals surface area contributed by atoms with E-state index in [2.05, 4.69) is 31.5 Å². The summed E-state index contributed by atoms with van der Waals surface area (Å²) in [4.78, 5) is 33.7. The maximum atomic E-state index is 13.6. The average molecular weight is 644 g/mol. The number of aryl methyl sites for hydroxylation is 2. The number of H-pyrrole nitrogens is 1. The number of carbonyl (C=O) groups excluding carboxylic acids is 1. The van der Waals surface area contributed by atoms with Gasteiger partial charge in [-0.25, -0.2) is 9.78 Å². The second-order valence-corrected chi connectivity index (χ2v) is 11.2. The van der Waals surface area contributed by atoms with Gasteiger partial charge in [0.15, 0.2) is 0 Å². The number of amides is 1.